The fourth-order valence-corrected chi connectivity index (χ4v) is 3.08. The molecule has 106 valence electrons. The summed E-state index contributed by atoms with van der Waals surface area (Å²) in [4.78, 5) is 25.3. The Bertz CT molecular complexity index is 563. The molecule has 1 aromatic carbocycles. The van der Waals surface area contributed by atoms with Crippen LogP contribution in [0.25, 0.3) is 0 Å². The number of rotatable bonds is 1. The second-order valence-electron chi connectivity index (χ2n) is 5.44. The van der Waals surface area contributed by atoms with Gasteiger partial charge in [-0.25, -0.2) is 4.79 Å². The smallest absolute Gasteiger partial charge is 0.321 e. The van der Waals surface area contributed by atoms with E-state index in [9.17, 15) is 9.59 Å². The normalized spacial score (nSPS) is 25.1. The molecule has 2 aliphatic heterocycles. The van der Waals surface area contributed by atoms with Crippen molar-refractivity contribution in [2.24, 2.45) is 0 Å². The van der Waals surface area contributed by atoms with Crippen LogP contribution in [0.2, 0.25) is 5.02 Å². The first kappa shape index (κ1) is 13.2. The molecule has 0 bridgehead atoms. The maximum absolute atomic E-state index is 12.2. The third-order valence-electron chi connectivity index (χ3n) is 3.95. The summed E-state index contributed by atoms with van der Waals surface area (Å²) in [7, 11) is 0. The number of nitrogens with one attached hydrogen (secondary N) is 2. The van der Waals surface area contributed by atoms with E-state index in [4.69, 9.17) is 11.6 Å². The third-order valence-corrected chi connectivity index (χ3v) is 4.19. The second kappa shape index (κ2) is 4.98. The lowest BCUT2D eigenvalue weighted by atomic mass is 9.97. The van der Waals surface area contributed by atoms with E-state index >= 15 is 0 Å². The van der Waals surface area contributed by atoms with Gasteiger partial charge in [-0.3, -0.25) is 4.79 Å². The molecular formula is C14H16ClN3O2. The lowest BCUT2D eigenvalue weighted by Gasteiger charge is -2.24. The Hall–Kier alpha value is -1.75. The van der Waals surface area contributed by atoms with Gasteiger partial charge in [-0.05, 0) is 31.0 Å². The highest BCUT2D eigenvalue weighted by Gasteiger charge is 2.44. The van der Waals surface area contributed by atoms with Crippen molar-refractivity contribution >= 4 is 29.2 Å². The number of nitrogens with zero attached hydrogens (tertiary/aromatic N) is 1. The van der Waals surface area contributed by atoms with Crippen molar-refractivity contribution in [1.82, 2.24) is 10.2 Å². The van der Waals surface area contributed by atoms with Crippen LogP contribution in [0.5, 0.6) is 0 Å². The van der Waals surface area contributed by atoms with Crippen molar-refractivity contribution in [2.75, 3.05) is 18.4 Å². The fraction of sp³-hybridized carbons (Fsp3) is 0.429. The first-order valence-corrected chi connectivity index (χ1v) is 7.07. The summed E-state index contributed by atoms with van der Waals surface area (Å²) in [5, 5.41) is 6.42. The molecule has 0 saturated carbocycles. The Morgan fingerprint density at radius 2 is 2.25 bits per heavy atom. The molecule has 20 heavy (non-hydrogen) atoms. The van der Waals surface area contributed by atoms with Gasteiger partial charge in [0, 0.05) is 30.2 Å². The third kappa shape index (κ3) is 2.58. The summed E-state index contributed by atoms with van der Waals surface area (Å²) in [6.45, 7) is 1.23. The topological polar surface area (TPSA) is 61.4 Å². The van der Waals surface area contributed by atoms with Crippen molar-refractivity contribution in [3.63, 3.8) is 0 Å². The highest BCUT2D eigenvalue weighted by Crippen LogP contribution is 2.30. The van der Waals surface area contributed by atoms with Gasteiger partial charge < -0.3 is 15.5 Å². The molecule has 0 aliphatic carbocycles. The second-order valence-corrected chi connectivity index (χ2v) is 5.88. The number of anilines is 1. The molecule has 2 fully saturated rings. The monoisotopic (exact) mass is 293 g/mol. The average molecular weight is 294 g/mol. The largest absolute Gasteiger partial charge is 0.349 e. The quantitative estimate of drug-likeness (QED) is 0.834. The van der Waals surface area contributed by atoms with Gasteiger partial charge in [-0.2, -0.15) is 0 Å². The summed E-state index contributed by atoms with van der Waals surface area (Å²) in [6.07, 6.45) is 2.19. The van der Waals surface area contributed by atoms with E-state index < -0.39 is 0 Å². The molecular weight excluding hydrogens is 278 g/mol. The van der Waals surface area contributed by atoms with Crippen molar-refractivity contribution in [2.45, 2.75) is 24.8 Å². The highest BCUT2D eigenvalue weighted by molar-refractivity contribution is 6.30. The van der Waals surface area contributed by atoms with Gasteiger partial charge in [0.05, 0.1) is 5.54 Å². The Labute approximate surface area is 122 Å². The van der Waals surface area contributed by atoms with E-state index in [2.05, 4.69) is 10.6 Å². The number of urea groups is 1. The van der Waals surface area contributed by atoms with Crippen LogP contribution in [-0.4, -0.2) is 35.5 Å². The standard InChI is InChI=1S/C14H16ClN3O2/c15-10-2-1-3-11(8-10)16-13(20)18-7-6-14(9-18)5-4-12(19)17-14/h1-3,8H,4-7,9H2,(H,16,20)(H,17,19). The molecule has 0 aromatic heterocycles. The van der Waals surface area contributed by atoms with Gasteiger partial charge in [0.1, 0.15) is 0 Å². The molecule has 1 atom stereocenters. The Kier molecular flexibility index (Phi) is 3.30. The number of amides is 3. The molecule has 2 aliphatic rings. The Morgan fingerprint density at radius 1 is 1.40 bits per heavy atom. The highest BCUT2D eigenvalue weighted by atomic mass is 35.5. The molecule has 2 heterocycles. The van der Waals surface area contributed by atoms with Crippen LogP contribution in [0.4, 0.5) is 10.5 Å². The van der Waals surface area contributed by atoms with Gasteiger partial charge in [0.15, 0.2) is 0 Å². The average Bonchev–Trinajstić information content (AvgIpc) is 2.97. The molecule has 1 spiro atoms. The summed E-state index contributed by atoms with van der Waals surface area (Å²) in [5.74, 6) is 0.0853. The Balaban J connectivity index is 1.63. The van der Waals surface area contributed by atoms with E-state index in [1.54, 1.807) is 29.2 Å². The molecule has 6 heteroatoms. The van der Waals surface area contributed by atoms with E-state index in [1.165, 1.54) is 0 Å². The number of carbonyl (C=O) groups excluding carboxylic acids is 2. The van der Waals surface area contributed by atoms with Crippen LogP contribution < -0.4 is 10.6 Å². The molecule has 1 unspecified atom stereocenters. The number of hydrogen-bond donors (Lipinski definition) is 2. The van der Waals surface area contributed by atoms with E-state index in [0.29, 0.717) is 30.2 Å². The van der Waals surface area contributed by atoms with Crippen molar-refractivity contribution in [1.29, 1.82) is 0 Å². The lowest BCUT2D eigenvalue weighted by molar-refractivity contribution is -0.119. The summed E-state index contributed by atoms with van der Waals surface area (Å²) in [6, 6.07) is 6.91. The molecule has 3 amide bonds. The van der Waals surface area contributed by atoms with E-state index in [0.717, 1.165) is 12.8 Å². The number of carbonyl (C=O) groups is 2. The van der Waals surface area contributed by atoms with Crippen LogP contribution in [-0.2, 0) is 4.79 Å². The van der Waals surface area contributed by atoms with Crippen molar-refractivity contribution in [3.05, 3.63) is 29.3 Å². The van der Waals surface area contributed by atoms with Gasteiger partial charge in [-0.1, -0.05) is 17.7 Å². The van der Waals surface area contributed by atoms with Gasteiger partial charge >= 0.3 is 6.03 Å². The maximum Gasteiger partial charge on any atom is 0.321 e. The zero-order chi connectivity index (χ0) is 14.2. The number of hydrogen-bond acceptors (Lipinski definition) is 2. The van der Waals surface area contributed by atoms with Gasteiger partial charge in [0.25, 0.3) is 0 Å². The molecule has 2 saturated heterocycles. The summed E-state index contributed by atoms with van der Waals surface area (Å²) in [5.41, 5.74) is 0.474. The van der Waals surface area contributed by atoms with Crippen LogP contribution in [0, 0.1) is 0 Å². The van der Waals surface area contributed by atoms with E-state index in [-0.39, 0.29) is 17.5 Å². The van der Waals surface area contributed by atoms with Crippen LogP contribution in [0.15, 0.2) is 24.3 Å². The van der Waals surface area contributed by atoms with Crippen LogP contribution >= 0.6 is 11.6 Å². The Morgan fingerprint density at radius 3 is 2.95 bits per heavy atom. The van der Waals surface area contributed by atoms with E-state index in [1.807, 2.05) is 0 Å². The molecule has 2 N–H and O–H groups in total. The zero-order valence-corrected chi connectivity index (χ0v) is 11.7. The lowest BCUT2D eigenvalue weighted by Crippen LogP contribution is -2.45. The fourth-order valence-electron chi connectivity index (χ4n) is 2.89. The minimum atomic E-state index is -0.206. The predicted molar refractivity (Wildman–Crippen MR) is 76.8 cm³/mol. The van der Waals surface area contributed by atoms with Gasteiger partial charge in [-0.15, -0.1) is 0 Å². The van der Waals surface area contributed by atoms with Gasteiger partial charge in [0.2, 0.25) is 5.91 Å². The first-order valence-electron chi connectivity index (χ1n) is 6.69. The SMILES string of the molecule is O=C1CCC2(CCN(C(=O)Nc3cccc(Cl)c3)C2)N1. The zero-order valence-electron chi connectivity index (χ0n) is 11.0. The molecule has 1 aromatic rings. The number of benzene rings is 1. The predicted octanol–water partition coefficient (Wildman–Crippen LogP) is 2.23. The molecule has 5 nitrogen and oxygen atoms in total. The summed E-state index contributed by atoms with van der Waals surface area (Å²) >= 11 is 5.89. The van der Waals surface area contributed by atoms with Crippen LogP contribution in [0.3, 0.4) is 0 Å². The minimum Gasteiger partial charge on any atom is -0.349 e. The summed E-state index contributed by atoms with van der Waals surface area (Å²) < 4.78 is 0. The molecule has 0 radical (unpaired) electrons. The molecule has 3 rings (SSSR count). The minimum absolute atomic E-state index is 0.0853. The van der Waals surface area contributed by atoms with Crippen LogP contribution in [0.1, 0.15) is 19.3 Å². The number of halogens is 1. The van der Waals surface area contributed by atoms with Crippen molar-refractivity contribution < 1.29 is 9.59 Å². The van der Waals surface area contributed by atoms with Crippen molar-refractivity contribution in [3.8, 4) is 0 Å². The maximum atomic E-state index is 12.2. The first-order chi connectivity index (χ1) is 9.56. The number of likely N-dealkylation sites (tertiary alicyclic amines) is 1.